The first-order valence-electron chi connectivity index (χ1n) is 8.47. The minimum atomic E-state index is -4.26. The van der Waals surface area contributed by atoms with Crippen LogP contribution in [0.4, 0.5) is 20.2 Å². The normalized spacial score (nSPS) is 11.2. The van der Waals surface area contributed by atoms with E-state index in [1.165, 1.54) is 42.5 Å². The van der Waals surface area contributed by atoms with Crippen LogP contribution in [-0.2, 0) is 14.8 Å². The van der Waals surface area contributed by atoms with Gasteiger partial charge < -0.3 is 5.32 Å². The van der Waals surface area contributed by atoms with E-state index in [-0.39, 0.29) is 20.6 Å². The average molecular weight is 471 g/mol. The second kappa shape index (κ2) is 8.99. The van der Waals surface area contributed by atoms with Crippen molar-refractivity contribution in [1.29, 1.82) is 0 Å². The molecule has 0 spiro atoms. The lowest BCUT2D eigenvalue weighted by Crippen LogP contribution is -2.38. The topological polar surface area (TPSA) is 66.5 Å². The maximum absolute atomic E-state index is 13.9. The third-order valence-electron chi connectivity index (χ3n) is 4.02. The molecule has 10 heteroatoms. The summed E-state index contributed by atoms with van der Waals surface area (Å²) in [5, 5.41) is 2.27. The molecule has 0 aliphatic carbocycles. The third-order valence-corrected chi connectivity index (χ3v) is 6.35. The molecule has 0 aromatic heterocycles. The van der Waals surface area contributed by atoms with Crippen molar-refractivity contribution in [3.05, 3.63) is 88.4 Å². The molecule has 156 valence electrons. The molecule has 0 saturated carbocycles. The van der Waals surface area contributed by atoms with Gasteiger partial charge in [-0.2, -0.15) is 0 Å². The van der Waals surface area contributed by atoms with E-state index in [0.717, 1.165) is 22.5 Å². The van der Waals surface area contributed by atoms with Crippen LogP contribution in [0.5, 0.6) is 0 Å². The van der Waals surface area contributed by atoms with Crippen LogP contribution in [0.2, 0.25) is 10.0 Å². The van der Waals surface area contributed by atoms with Crippen molar-refractivity contribution in [2.45, 2.75) is 4.90 Å². The van der Waals surface area contributed by atoms with Crippen molar-refractivity contribution in [3.63, 3.8) is 0 Å². The molecule has 0 bridgehead atoms. The van der Waals surface area contributed by atoms with Gasteiger partial charge in [0.2, 0.25) is 5.91 Å². The number of nitrogens with one attached hydrogen (secondary N) is 1. The van der Waals surface area contributed by atoms with Gasteiger partial charge in [-0.05, 0) is 42.5 Å². The second-order valence-corrected chi connectivity index (χ2v) is 8.77. The highest BCUT2D eigenvalue weighted by atomic mass is 35.5. The minimum Gasteiger partial charge on any atom is -0.320 e. The van der Waals surface area contributed by atoms with Crippen LogP contribution in [-0.4, -0.2) is 20.9 Å². The van der Waals surface area contributed by atoms with E-state index in [4.69, 9.17) is 23.2 Å². The molecule has 0 radical (unpaired) electrons. The third kappa shape index (κ3) is 4.72. The molecule has 3 aromatic carbocycles. The summed E-state index contributed by atoms with van der Waals surface area (Å²) in [4.78, 5) is 12.4. The zero-order valence-electron chi connectivity index (χ0n) is 15.2. The maximum Gasteiger partial charge on any atom is 0.264 e. The minimum absolute atomic E-state index is 0.0174. The van der Waals surface area contributed by atoms with Crippen LogP contribution < -0.4 is 9.62 Å². The van der Waals surface area contributed by atoms with Crippen LogP contribution in [0.15, 0.2) is 71.6 Å². The van der Waals surface area contributed by atoms with Gasteiger partial charge in [-0.25, -0.2) is 17.2 Å². The fourth-order valence-corrected chi connectivity index (χ4v) is 4.51. The Morgan fingerprint density at radius 1 is 0.933 bits per heavy atom. The zero-order valence-corrected chi connectivity index (χ0v) is 17.5. The highest BCUT2D eigenvalue weighted by molar-refractivity contribution is 7.92. The van der Waals surface area contributed by atoms with Crippen molar-refractivity contribution < 1.29 is 22.0 Å². The highest BCUT2D eigenvalue weighted by Crippen LogP contribution is 2.33. The van der Waals surface area contributed by atoms with Gasteiger partial charge in [-0.3, -0.25) is 9.10 Å². The number of anilines is 2. The van der Waals surface area contributed by atoms with E-state index in [0.29, 0.717) is 0 Å². The van der Waals surface area contributed by atoms with Gasteiger partial charge in [0, 0.05) is 5.02 Å². The molecule has 0 aliphatic rings. The van der Waals surface area contributed by atoms with Crippen molar-refractivity contribution in [3.8, 4) is 0 Å². The lowest BCUT2D eigenvalue weighted by atomic mass is 10.3. The summed E-state index contributed by atoms with van der Waals surface area (Å²) in [6, 6.07) is 14.5. The van der Waals surface area contributed by atoms with E-state index in [2.05, 4.69) is 5.32 Å². The summed E-state index contributed by atoms with van der Waals surface area (Å²) < 4.78 is 54.9. The van der Waals surface area contributed by atoms with E-state index in [1.54, 1.807) is 6.07 Å². The number of benzene rings is 3. The number of carbonyl (C=O) groups excluding carboxylic acids is 1. The second-order valence-electron chi connectivity index (χ2n) is 6.07. The van der Waals surface area contributed by atoms with E-state index in [1.807, 2.05) is 0 Å². The van der Waals surface area contributed by atoms with E-state index < -0.39 is 39.8 Å². The van der Waals surface area contributed by atoms with Crippen LogP contribution in [0.1, 0.15) is 0 Å². The Kier molecular flexibility index (Phi) is 6.60. The maximum atomic E-state index is 13.9. The first-order chi connectivity index (χ1) is 14.2. The fraction of sp³-hybridized carbons (Fsp3) is 0.0500. The Hall–Kier alpha value is -2.68. The monoisotopic (exact) mass is 470 g/mol. The van der Waals surface area contributed by atoms with Crippen molar-refractivity contribution in [1.82, 2.24) is 0 Å². The van der Waals surface area contributed by atoms with Gasteiger partial charge in [0.05, 0.1) is 15.6 Å². The number of hydrogen-bond donors (Lipinski definition) is 1. The number of amides is 1. The Morgan fingerprint density at radius 2 is 1.57 bits per heavy atom. The Bertz CT molecular complexity index is 1170. The fourth-order valence-electron chi connectivity index (χ4n) is 2.62. The van der Waals surface area contributed by atoms with Crippen LogP contribution >= 0.6 is 23.2 Å². The summed E-state index contributed by atoms with van der Waals surface area (Å²) in [5.74, 6) is -2.97. The largest absolute Gasteiger partial charge is 0.320 e. The summed E-state index contributed by atoms with van der Waals surface area (Å²) in [6.45, 7) is -0.801. The molecule has 0 unspecified atom stereocenters. The Balaban J connectivity index is 2.02. The number of nitrogens with zero attached hydrogens (tertiary/aromatic N) is 1. The predicted molar refractivity (Wildman–Crippen MR) is 112 cm³/mol. The van der Waals surface area contributed by atoms with Gasteiger partial charge >= 0.3 is 0 Å². The summed E-state index contributed by atoms with van der Waals surface area (Å²) >= 11 is 12.1. The van der Waals surface area contributed by atoms with Gasteiger partial charge in [-0.15, -0.1) is 0 Å². The molecular weight excluding hydrogens is 457 g/mol. The van der Waals surface area contributed by atoms with Crippen molar-refractivity contribution >= 4 is 50.5 Å². The SMILES string of the molecule is O=C(CN(c1cc(Cl)ccc1Cl)S(=O)(=O)c1ccccc1)Nc1c(F)cccc1F. The number of carbonyl (C=O) groups is 1. The van der Waals surface area contributed by atoms with Gasteiger partial charge in [-0.1, -0.05) is 47.5 Å². The molecule has 0 fully saturated rings. The molecule has 0 atom stereocenters. The summed E-state index contributed by atoms with van der Waals surface area (Å²) in [7, 11) is -4.26. The average Bonchev–Trinajstić information content (AvgIpc) is 2.71. The molecule has 3 aromatic rings. The molecule has 0 aliphatic heterocycles. The quantitative estimate of drug-likeness (QED) is 0.544. The number of para-hydroxylation sites is 1. The van der Waals surface area contributed by atoms with Gasteiger partial charge in [0.15, 0.2) is 0 Å². The van der Waals surface area contributed by atoms with Crippen LogP contribution in [0.25, 0.3) is 0 Å². The van der Waals surface area contributed by atoms with E-state index >= 15 is 0 Å². The highest BCUT2D eigenvalue weighted by Gasteiger charge is 2.29. The molecule has 30 heavy (non-hydrogen) atoms. The van der Waals surface area contributed by atoms with Crippen LogP contribution in [0.3, 0.4) is 0 Å². The molecular formula is C20H14Cl2F2N2O3S. The predicted octanol–water partition coefficient (Wildman–Crippen LogP) is 5.11. The van der Waals surface area contributed by atoms with Gasteiger partial charge in [0.25, 0.3) is 10.0 Å². The lowest BCUT2D eigenvalue weighted by molar-refractivity contribution is -0.114. The zero-order chi connectivity index (χ0) is 21.9. The number of hydrogen-bond acceptors (Lipinski definition) is 3. The summed E-state index contributed by atoms with van der Waals surface area (Å²) in [5.41, 5.74) is -0.742. The standard InChI is InChI=1S/C20H14Cl2F2N2O3S/c21-13-9-10-15(22)18(11-13)26(30(28,29)14-5-2-1-3-6-14)12-19(27)25-20-16(23)7-4-8-17(20)24/h1-11H,12H2,(H,25,27). The van der Waals surface area contributed by atoms with Crippen molar-refractivity contribution in [2.75, 3.05) is 16.2 Å². The molecule has 3 rings (SSSR count). The van der Waals surface area contributed by atoms with Gasteiger partial charge in [0.1, 0.15) is 23.9 Å². The first kappa shape index (κ1) is 22.0. The van der Waals surface area contributed by atoms with E-state index in [9.17, 15) is 22.0 Å². The first-order valence-corrected chi connectivity index (χ1v) is 10.7. The number of rotatable bonds is 6. The summed E-state index contributed by atoms with van der Waals surface area (Å²) in [6.07, 6.45) is 0. The Labute approximate surface area is 181 Å². The molecule has 1 N–H and O–H groups in total. The number of sulfonamides is 1. The molecule has 5 nitrogen and oxygen atoms in total. The molecule has 0 heterocycles. The molecule has 1 amide bonds. The van der Waals surface area contributed by atoms with Crippen LogP contribution in [0, 0.1) is 11.6 Å². The van der Waals surface area contributed by atoms with Crippen molar-refractivity contribution in [2.24, 2.45) is 0 Å². The Morgan fingerprint density at radius 3 is 2.20 bits per heavy atom. The smallest absolute Gasteiger partial charge is 0.264 e. The lowest BCUT2D eigenvalue weighted by Gasteiger charge is -2.25. The number of halogens is 4. The molecule has 0 saturated heterocycles.